The van der Waals surface area contributed by atoms with Crippen molar-refractivity contribution in [3.05, 3.63) is 36.4 Å². The summed E-state index contributed by atoms with van der Waals surface area (Å²) in [5.74, 6) is -1.58. The quantitative estimate of drug-likeness (QED) is 0.147. The van der Waals surface area contributed by atoms with Crippen molar-refractivity contribution in [2.24, 2.45) is 50.7 Å². The van der Waals surface area contributed by atoms with Crippen LogP contribution in [0.5, 0.6) is 0 Å². The van der Waals surface area contributed by atoms with E-state index < -0.39 is 53.3 Å². The lowest BCUT2D eigenvalue weighted by Crippen LogP contribution is -2.38. The van der Waals surface area contributed by atoms with E-state index in [1.54, 1.807) is 66.2 Å². The zero-order valence-corrected chi connectivity index (χ0v) is 53.2. The Bertz CT molecular complexity index is 1610. The van der Waals surface area contributed by atoms with Crippen LogP contribution >= 0.6 is 0 Å². The summed E-state index contributed by atoms with van der Waals surface area (Å²) >= 11 is 0. The van der Waals surface area contributed by atoms with E-state index in [2.05, 4.69) is 41.9 Å². The molecule has 0 saturated heterocycles. The van der Waals surface area contributed by atoms with E-state index in [9.17, 15) is 44.1 Å². The van der Waals surface area contributed by atoms with Crippen LogP contribution in [0.1, 0.15) is 247 Å². The number of benzene rings is 1. The third-order valence-corrected chi connectivity index (χ3v) is 14.0. The SMILES string of the molecule is C1C2CC3CC1CC(C2)C3.C1CCCCC1.CC(=O)[O-].CC(=O)[O-].CCC(=O)[O-].CCC(C)(C)C.CCC(C)(C)C(=O)OC.CCC(C)(C)C(=O)OC.CCC(C)(C)C(=O)OCC(=O)[O-].CCC(C)(C)C(=O)[O-].c1ccccc1. The molecule has 79 heavy (non-hydrogen) atoms. The van der Waals surface area contributed by atoms with Crippen molar-refractivity contribution < 1.29 is 78.1 Å². The van der Waals surface area contributed by atoms with Crippen LogP contribution in [-0.4, -0.2) is 68.6 Å². The van der Waals surface area contributed by atoms with Gasteiger partial charge in [-0.2, -0.15) is 0 Å². The molecule has 0 atom stereocenters. The molecule has 5 fully saturated rings. The van der Waals surface area contributed by atoms with E-state index in [1.165, 1.54) is 89.8 Å². The number of carboxylic acids is 5. The highest BCUT2D eigenvalue weighted by molar-refractivity contribution is 5.78. The van der Waals surface area contributed by atoms with Gasteiger partial charge in [0.15, 0.2) is 0 Å². The Labute approximate surface area is 479 Å². The highest BCUT2D eigenvalue weighted by Crippen LogP contribution is 2.53. The average Bonchev–Trinajstić information content (AvgIpc) is 3.38. The van der Waals surface area contributed by atoms with Gasteiger partial charge in [-0.05, 0) is 155 Å². The Morgan fingerprint density at radius 2 is 0.595 bits per heavy atom. The fourth-order valence-electron chi connectivity index (χ4n) is 6.88. The predicted octanol–water partition coefficient (Wildman–Crippen LogP) is 9.04. The summed E-state index contributed by atoms with van der Waals surface area (Å²) in [6, 6.07) is 12.0. The van der Waals surface area contributed by atoms with E-state index in [0.29, 0.717) is 18.3 Å². The van der Waals surface area contributed by atoms with Crippen molar-refractivity contribution in [2.75, 3.05) is 20.8 Å². The molecule has 0 heterocycles. The first-order valence-corrected chi connectivity index (χ1v) is 28.5. The second-order valence-corrected chi connectivity index (χ2v) is 23.9. The van der Waals surface area contributed by atoms with Crippen molar-refractivity contribution in [1.82, 2.24) is 0 Å². The molecule has 0 spiro atoms. The van der Waals surface area contributed by atoms with Crippen LogP contribution < -0.4 is 25.5 Å². The Kier molecular flexibility index (Phi) is 51.5. The number of ether oxygens (including phenoxy) is 3. The molecule has 0 radical (unpaired) electrons. The maximum atomic E-state index is 11.1. The smallest absolute Gasteiger partial charge is 0.311 e. The third kappa shape index (κ3) is 56.1. The monoisotopic (exact) mass is 1120 g/mol. The van der Waals surface area contributed by atoms with Crippen molar-refractivity contribution in [3.63, 3.8) is 0 Å². The third-order valence-electron chi connectivity index (χ3n) is 14.0. The first-order chi connectivity index (χ1) is 36.2. The molecule has 5 aliphatic rings. The average molecular weight is 1120 g/mol. The van der Waals surface area contributed by atoms with Gasteiger partial charge in [-0.3, -0.25) is 14.4 Å². The number of carbonyl (C=O) groups is 8. The zero-order chi connectivity index (χ0) is 63.2. The molecule has 16 heteroatoms. The molecule has 5 aliphatic carbocycles. The normalized spacial score (nSPS) is 17.1. The van der Waals surface area contributed by atoms with Crippen LogP contribution in [0.2, 0.25) is 0 Å². The molecule has 0 unspecified atom stereocenters. The largest absolute Gasteiger partial charge is 0.550 e. The second kappa shape index (κ2) is 47.8. The minimum Gasteiger partial charge on any atom is -0.550 e. The zero-order valence-electron chi connectivity index (χ0n) is 53.2. The van der Waals surface area contributed by atoms with Crippen molar-refractivity contribution in [3.8, 4) is 0 Å². The van der Waals surface area contributed by atoms with Gasteiger partial charge < -0.3 is 63.7 Å². The second-order valence-electron chi connectivity index (χ2n) is 23.9. The minimum atomic E-state index is -1.38. The van der Waals surface area contributed by atoms with Crippen LogP contribution in [0.3, 0.4) is 0 Å². The number of aliphatic carboxylic acids is 5. The molecule has 6 rings (SSSR count). The molecule has 1 aromatic rings. The fourth-order valence-corrected chi connectivity index (χ4v) is 6.88. The van der Waals surface area contributed by atoms with E-state index in [4.69, 9.17) is 19.8 Å². The van der Waals surface area contributed by atoms with Crippen LogP contribution in [-0.2, 0) is 52.6 Å². The number of rotatable bonds is 11. The first-order valence-electron chi connectivity index (χ1n) is 28.5. The highest BCUT2D eigenvalue weighted by Gasteiger charge is 2.41. The van der Waals surface area contributed by atoms with E-state index in [-0.39, 0.29) is 29.2 Å². The number of carboxylic acid groups (broad SMARTS) is 5. The Morgan fingerprint density at radius 1 is 0.392 bits per heavy atom. The van der Waals surface area contributed by atoms with Gasteiger partial charge in [0, 0.05) is 29.3 Å². The number of methoxy groups -OCH3 is 2. The number of hydrogen-bond acceptors (Lipinski definition) is 16. The van der Waals surface area contributed by atoms with Crippen LogP contribution in [0, 0.1) is 50.7 Å². The lowest BCUT2D eigenvalue weighted by Gasteiger charge is -2.49. The molecule has 464 valence electrons. The van der Waals surface area contributed by atoms with E-state index in [1.807, 2.05) is 91.8 Å². The number of carbonyl (C=O) groups excluding carboxylic acids is 8. The van der Waals surface area contributed by atoms with Gasteiger partial charge in [-0.25, -0.2) is 0 Å². The van der Waals surface area contributed by atoms with E-state index >= 15 is 0 Å². The molecular formula is C63H111O16-5. The molecule has 0 aliphatic heterocycles. The van der Waals surface area contributed by atoms with Gasteiger partial charge in [0.05, 0.1) is 36.4 Å². The molecule has 0 aromatic heterocycles. The van der Waals surface area contributed by atoms with Gasteiger partial charge in [0.25, 0.3) is 0 Å². The lowest BCUT2D eigenvalue weighted by atomic mass is 9.56. The van der Waals surface area contributed by atoms with Crippen LogP contribution in [0.25, 0.3) is 0 Å². The number of esters is 3. The Balaban J connectivity index is -0.000000188. The summed E-state index contributed by atoms with van der Waals surface area (Å²) in [4.78, 5) is 79.9. The minimum absolute atomic E-state index is 0.111. The van der Waals surface area contributed by atoms with Crippen molar-refractivity contribution in [1.29, 1.82) is 0 Å². The molecule has 0 amide bonds. The summed E-state index contributed by atoms with van der Waals surface area (Å²) in [6.45, 7) is 33.6. The topological polar surface area (TPSA) is 280 Å². The predicted molar refractivity (Wildman–Crippen MR) is 304 cm³/mol. The van der Waals surface area contributed by atoms with Crippen molar-refractivity contribution >= 4 is 47.8 Å². The molecule has 16 nitrogen and oxygen atoms in total. The molecule has 1 aromatic carbocycles. The Morgan fingerprint density at radius 3 is 0.709 bits per heavy atom. The lowest BCUT2D eigenvalue weighted by molar-refractivity contribution is -0.318. The summed E-state index contributed by atoms with van der Waals surface area (Å²) in [6.07, 6.45) is 22.9. The molecule has 0 N–H and O–H groups in total. The van der Waals surface area contributed by atoms with Gasteiger partial charge in [-0.15, -0.1) is 0 Å². The van der Waals surface area contributed by atoms with Gasteiger partial charge in [-0.1, -0.05) is 158 Å². The van der Waals surface area contributed by atoms with Gasteiger partial charge >= 0.3 is 17.9 Å². The van der Waals surface area contributed by atoms with Crippen LogP contribution in [0.4, 0.5) is 0 Å². The first kappa shape index (κ1) is 85.3. The summed E-state index contributed by atoms with van der Waals surface area (Å²) in [7, 11) is 2.83. The van der Waals surface area contributed by atoms with Crippen LogP contribution in [0.15, 0.2) is 36.4 Å². The maximum Gasteiger partial charge on any atom is 0.311 e. The standard InChI is InChI=1S/C10H16.C8H14O4.2C7H14O2.C6H12O2.C6H12.C6H6.C6H14.C3H6O2.2C2H4O2/c1-7-2-9-4-8(1)5-10(3-7)6-9;1-4-8(2,3)7(11)12-5-6(9)10;2*1-5-7(2,3)6(8)9-4;1-4-6(2,3)5(7)8;2*1-2-4-6-5-3-1;1-5-6(2,3)4;1-2-3(4)5;2*1-2(3)4/h7-10H,1-6H2;4-5H2,1-3H3,(H,9,10);2*5H2,1-4H3;4H2,1-3H3,(H,7,8);1-6H2;1-6H;5H2,1-4H3;2H2,1H3,(H,4,5);2*1H3,(H,3,4)/p-5. The summed E-state index contributed by atoms with van der Waals surface area (Å²) < 4.78 is 13.6. The summed E-state index contributed by atoms with van der Waals surface area (Å²) in [5, 5.41) is 47.1. The maximum absolute atomic E-state index is 11.1. The molecule has 5 saturated carbocycles. The fraction of sp³-hybridized carbons (Fsp3) is 0.778. The Hall–Kier alpha value is -5.02. The highest BCUT2D eigenvalue weighted by atomic mass is 16.6. The molecule has 4 bridgehead atoms. The van der Waals surface area contributed by atoms with Crippen molar-refractivity contribution in [2.45, 2.75) is 247 Å². The molecular weight excluding hydrogens is 1010 g/mol. The van der Waals surface area contributed by atoms with Gasteiger partial charge in [0.2, 0.25) is 0 Å². The van der Waals surface area contributed by atoms with E-state index in [0.717, 1.165) is 26.7 Å². The summed E-state index contributed by atoms with van der Waals surface area (Å²) in [5.41, 5.74) is -1.35. The van der Waals surface area contributed by atoms with Gasteiger partial charge in [0.1, 0.15) is 6.61 Å². The number of hydrogen-bond donors (Lipinski definition) is 0.